The zero-order chi connectivity index (χ0) is 29.4. The molecule has 5 amide bonds. The fourth-order valence-corrected chi connectivity index (χ4v) is 3.73. The van der Waals surface area contributed by atoms with Crippen molar-refractivity contribution in [1.82, 2.24) is 16.0 Å². The number of carbonyl (C=O) groups excluding carboxylic acids is 5. The third kappa shape index (κ3) is 13.0. The third-order valence-corrected chi connectivity index (χ3v) is 5.96. The lowest BCUT2D eigenvalue weighted by atomic mass is 10.0. The molecule has 1 aromatic carbocycles. The molecule has 218 valence electrons. The molecule has 0 aromatic heterocycles. The summed E-state index contributed by atoms with van der Waals surface area (Å²) < 4.78 is 0. The molecular weight excluding hydrogens is 508 g/mol. The summed E-state index contributed by atoms with van der Waals surface area (Å²) in [5.41, 5.74) is 28.2. The van der Waals surface area contributed by atoms with Gasteiger partial charge in [-0.3, -0.25) is 24.0 Å². The van der Waals surface area contributed by atoms with Crippen LogP contribution >= 0.6 is 0 Å². The maximum absolute atomic E-state index is 13.2. The molecule has 0 bridgehead atoms. The minimum atomic E-state index is -1.40. The highest BCUT2D eigenvalue weighted by Crippen LogP contribution is 2.12. The normalized spacial score (nSPS) is 13.9. The third-order valence-electron chi connectivity index (χ3n) is 5.96. The van der Waals surface area contributed by atoms with Gasteiger partial charge < -0.3 is 49.7 Å². The van der Waals surface area contributed by atoms with Gasteiger partial charge in [0.25, 0.3) is 0 Å². The Bertz CT molecular complexity index is 958. The van der Waals surface area contributed by atoms with Gasteiger partial charge in [0.15, 0.2) is 0 Å². The van der Waals surface area contributed by atoms with Crippen LogP contribution < -0.4 is 44.6 Å². The summed E-state index contributed by atoms with van der Waals surface area (Å²) in [6, 6.07) is 1.35. The second kappa shape index (κ2) is 17.7. The number of primary amides is 2. The molecule has 14 heteroatoms. The number of nitrogens with two attached hydrogens (primary N) is 5. The van der Waals surface area contributed by atoms with E-state index in [9.17, 15) is 29.1 Å². The van der Waals surface area contributed by atoms with Crippen LogP contribution in [0.15, 0.2) is 24.3 Å². The van der Waals surface area contributed by atoms with Gasteiger partial charge in [-0.2, -0.15) is 0 Å². The van der Waals surface area contributed by atoms with E-state index in [0.717, 1.165) is 0 Å². The van der Waals surface area contributed by atoms with Gasteiger partial charge >= 0.3 is 0 Å². The first-order valence-corrected chi connectivity index (χ1v) is 12.9. The van der Waals surface area contributed by atoms with Crippen molar-refractivity contribution in [2.24, 2.45) is 28.7 Å². The Hall–Kier alpha value is -3.75. The van der Waals surface area contributed by atoms with Crippen LogP contribution in [0.3, 0.4) is 0 Å². The summed E-state index contributed by atoms with van der Waals surface area (Å²) in [6.07, 6.45) is 2.41. The van der Waals surface area contributed by atoms with E-state index >= 15 is 0 Å². The monoisotopic (exact) mass is 550 g/mol. The molecule has 0 aliphatic heterocycles. The number of benzene rings is 1. The Balaban J connectivity index is 3.10. The first kappa shape index (κ1) is 33.3. The summed E-state index contributed by atoms with van der Waals surface area (Å²) >= 11 is 0. The SMILES string of the molecule is NCCCCC(N)C(=O)NC(CC(N)=O)C(=O)NC(Cc1ccc(O)cc1)C(=O)NC(CCCCN)C(N)=O. The Morgan fingerprint density at radius 2 is 1.23 bits per heavy atom. The number of hydrogen-bond donors (Lipinski definition) is 9. The number of amides is 5. The number of rotatable bonds is 19. The standard InChI is InChI=1S/C25H42N8O6/c26-11-3-1-5-17(28)23(37)32-20(14-21(29)35)25(39)33-19(13-15-7-9-16(34)10-8-15)24(38)31-18(22(30)36)6-2-4-12-27/h7-10,17-20,34H,1-6,11-14,26-28H2,(H2,29,35)(H2,30,36)(H,31,38)(H,32,37)(H,33,39). The van der Waals surface area contributed by atoms with Crippen molar-refractivity contribution >= 4 is 29.5 Å². The Morgan fingerprint density at radius 1 is 0.718 bits per heavy atom. The van der Waals surface area contributed by atoms with E-state index in [1.807, 2.05) is 0 Å². The van der Waals surface area contributed by atoms with Crippen LogP contribution in [-0.2, 0) is 30.4 Å². The van der Waals surface area contributed by atoms with Gasteiger partial charge in [0.05, 0.1) is 12.5 Å². The molecule has 0 saturated heterocycles. The van der Waals surface area contributed by atoms with E-state index in [0.29, 0.717) is 50.8 Å². The van der Waals surface area contributed by atoms with Gasteiger partial charge in [0.1, 0.15) is 23.9 Å². The second-order valence-electron chi connectivity index (χ2n) is 9.30. The molecule has 14 nitrogen and oxygen atoms in total. The Kier molecular flexibility index (Phi) is 15.1. The fraction of sp³-hybridized carbons (Fsp3) is 0.560. The molecule has 0 aliphatic carbocycles. The topological polar surface area (TPSA) is 272 Å². The quantitative estimate of drug-likeness (QED) is 0.0811. The second-order valence-corrected chi connectivity index (χ2v) is 9.30. The minimum Gasteiger partial charge on any atom is -0.508 e. The molecule has 1 rings (SSSR count). The van der Waals surface area contributed by atoms with Gasteiger partial charge in [0, 0.05) is 6.42 Å². The van der Waals surface area contributed by atoms with Crippen LogP contribution in [-0.4, -0.2) is 71.9 Å². The molecule has 0 fully saturated rings. The summed E-state index contributed by atoms with van der Waals surface area (Å²) in [6.45, 7) is 0.845. The summed E-state index contributed by atoms with van der Waals surface area (Å²) in [5, 5.41) is 17.1. The highest BCUT2D eigenvalue weighted by atomic mass is 16.3. The van der Waals surface area contributed by atoms with E-state index in [1.165, 1.54) is 12.1 Å². The van der Waals surface area contributed by atoms with Crippen molar-refractivity contribution in [2.75, 3.05) is 13.1 Å². The average Bonchev–Trinajstić information content (AvgIpc) is 2.88. The van der Waals surface area contributed by atoms with Gasteiger partial charge in [0.2, 0.25) is 29.5 Å². The molecule has 4 atom stereocenters. The van der Waals surface area contributed by atoms with Crippen LogP contribution in [0.4, 0.5) is 0 Å². The zero-order valence-corrected chi connectivity index (χ0v) is 22.1. The molecule has 0 radical (unpaired) electrons. The number of aromatic hydroxyl groups is 1. The van der Waals surface area contributed by atoms with Crippen LogP contribution in [0.2, 0.25) is 0 Å². The highest BCUT2D eigenvalue weighted by Gasteiger charge is 2.31. The first-order chi connectivity index (χ1) is 18.5. The summed E-state index contributed by atoms with van der Waals surface area (Å²) in [5.74, 6) is -3.84. The van der Waals surface area contributed by atoms with Crippen molar-refractivity contribution in [2.45, 2.75) is 75.5 Å². The maximum atomic E-state index is 13.2. The predicted octanol–water partition coefficient (Wildman–Crippen LogP) is -2.66. The van der Waals surface area contributed by atoms with Crippen molar-refractivity contribution in [1.29, 1.82) is 0 Å². The first-order valence-electron chi connectivity index (χ1n) is 12.9. The van der Waals surface area contributed by atoms with Gasteiger partial charge in [-0.1, -0.05) is 18.6 Å². The summed E-state index contributed by atoms with van der Waals surface area (Å²) in [4.78, 5) is 62.5. The highest BCUT2D eigenvalue weighted by molar-refractivity contribution is 5.96. The molecule has 0 aliphatic rings. The van der Waals surface area contributed by atoms with Gasteiger partial charge in [-0.25, -0.2) is 0 Å². The number of nitrogens with one attached hydrogen (secondary N) is 3. The molecule has 39 heavy (non-hydrogen) atoms. The van der Waals surface area contributed by atoms with E-state index in [-0.39, 0.29) is 18.6 Å². The minimum absolute atomic E-state index is 0.00418. The lowest BCUT2D eigenvalue weighted by Gasteiger charge is -2.25. The Labute approximate surface area is 227 Å². The molecule has 0 heterocycles. The molecule has 0 spiro atoms. The maximum Gasteiger partial charge on any atom is 0.243 e. The van der Waals surface area contributed by atoms with E-state index in [4.69, 9.17) is 28.7 Å². The molecule has 4 unspecified atom stereocenters. The zero-order valence-electron chi connectivity index (χ0n) is 22.1. The predicted molar refractivity (Wildman–Crippen MR) is 144 cm³/mol. The molecule has 0 saturated carbocycles. The van der Waals surface area contributed by atoms with Crippen LogP contribution in [0.1, 0.15) is 50.5 Å². The van der Waals surface area contributed by atoms with Gasteiger partial charge in [-0.15, -0.1) is 0 Å². The van der Waals surface area contributed by atoms with Crippen molar-refractivity contribution in [3.05, 3.63) is 29.8 Å². The lowest BCUT2D eigenvalue weighted by Crippen LogP contribution is -2.58. The average molecular weight is 551 g/mol. The van der Waals surface area contributed by atoms with E-state index in [2.05, 4.69) is 16.0 Å². The lowest BCUT2D eigenvalue weighted by molar-refractivity contribution is -0.134. The number of phenolic OH excluding ortho intramolecular Hbond substituents is 1. The molecule has 14 N–H and O–H groups in total. The number of phenols is 1. The van der Waals surface area contributed by atoms with Crippen LogP contribution in [0.5, 0.6) is 5.75 Å². The number of unbranched alkanes of at least 4 members (excludes halogenated alkanes) is 2. The summed E-state index contributed by atoms with van der Waals surface area (Å²) in [7, 11) is 0. The number of carbonyl (C=O) groups is 5. The molecular formula is C25H42N8O6. The van der Waals surface area contributed by atoms with Crippen molar-refractivity contribution in [3.63, 3.8) is 0 Å². The Morgan fingerprint density at radius 3 is 1.77 bits per heavy atom. The van der Waals surface area contributed by atoms with Crippen molar-refractivity contribution < 1.29 is 29.1 Å². The van der Waals surface area contributed by atoms with E-state index < -0.39 is 60.1 Å². The fourth-order valence-electron chi connectivity index (χ4n) is 3.73. The smallest absolute Gasteiger partial charge is 0.243 e. The number of hydrogen-bond acceptors (Lipinski definition) is 9. The molecule has 1 aromatic rings. The van der Waals surface area contributed by atoms with Crippen molar-refractivity contribution in [3.8, 4) is 5.75 Å². The van der Waals surface area contributed by atoms with Crippen LogP contribution in [0.25, 0.3) is 0 Å². The van der Waals surface area contributed by atoms with E-state index in [1.54, 1.807) is 12.1 Å². The van der Waals surface area contributed by atoms with Crippen LogP contribution in [0, 0.1) is 0 Å². The van der Waals surface area contributed by atoms with Gasteiger partial charge in [-0.05, 0) is 62.9 Å². The largest absolute Gasteiger partial charge is 0.508 e.